The molecule has 11 rings (SSSR count). The topological polar surface area (TPSA) is 127 Å². The van der Waals surface area contributed by atoms with Crippen LogP contribution in [0.1, 0.15) is 75.5 Å². The zero-order chi connectivity index (χ0) is 57.3. The molecule has 0 aliphatic carbocycles. The molecular weight excluding hydrogens is 1070 g/mol. The highest BCUT2D eigenvalue weighted by Gasteiger charge is 2.33. The zero-order valence-electron chi connectivity index (χ0n) is 46.6. The highest BCUT2D eigenvalue weighted by atomic mass is 32.2. The molecule has 6 aromatic heterocycles. The fraction of sp³-hybridized carbons (Fsp3) is 0.151. The Morgan fingerprint density at radius 1 is 0.464 bits per heavy atom. The highest BCUT2D eigenvalue weighted by Crippen LogP contribution is 2.56. The van der Waals surface area contributed by atoms with E-state index in [4.69, 9.17) is 14.7 Å². The summed E-state index contributed by atoms with van der Waals surface area (Å²) in [5.41, 5.74) is 15.3. The van der Waals surface area contributed by atoms with Gasteiger partial charge in [0.25, 0.3) is 0 Å². The predicted molar refractivity (Wildman–Crippen MR) is 341 cm³/mol. The first-order valence-corrected chi connectivity index (χ1v) is 30.1. The van der Waals surface area contributed by atoms with Crippen LogP contribution in [0.4, 0.5) is 0 Å². The summed E-state index contributed by atoms with van der Waals surface area (Å²) in [4.78, 5) is 41.8. The van der Waals surface area contributed by atoms with Gasteiger partial charge < -0.3 is 4.74 Å². The van der Waals surface area contributed by atoms with Crippen LogP contribution >= 0.6 is 23.5 Å². The van der Waals surface area contributed by atoms with Crippen LogP contribution in [0.2, 0.25) is 0 Å². The summed E-state index contributed by atoms with van der Waals surface area (Å²) in [6.45, 7) is 2.11. The molecule has 0 amide bonds. The lowest BCUT2D eigenvalue weighted by molar-refractivity contribution is -0.145. The standard InChI is InChI=1S/C73H61N7O2S2/c1-73(51-74,40-39-71(81)82-50-53-31-36-55(37-32-53)60-47-67(63-27-13-17-43-77-63)80-68(48-60)64-28-14-18-44-78-64)49-70(57-21-7-3-8-22-57)84-72(58-23-9-4-10-24-58)83-69(56-19-5-2-6-20-56)38-33-52-29-34-54(35-30-52)59-45-65(61-25-11-15-41-75-61)79-66(46-59)62-26-12-16-42-76-62/h2-32,34-37,41-48,69-70,72H,33,38-40,49-50H2,1H3. The molecule has 9 nitrogen and oxygen atoms in total. The molecule has 0 bridgehead atoms. The van der Waals surface area contributed by atoms with Crippen molar-refractivity contribution in [2.45, 2.75) is 60.7 Å². The van der Waals surface area contributed by atoms with E-state index in [0.717, 1.165) is 91.8 Å². The summed E-state index contributed by atoms with van der Waals surface area (Å²) in [6.07, 6.45) is 9.92. The molecule has 11 heteroatoms. The number of carbonyl (C=O) groups is 1. The van der Waals surface area contributed by atoms with Gasteiger partial charge in [0.15, 0.2) is 0 Å². The highest BCUT2D eigenvalue weighted by molar-refractivity contribution is 8.16. The van der Waals surface area contributed by atoms with Crippen molar-refractivity contribution in [2.24, 2.45) is 5.41 Å². The van der Waals surface area contributed by atoms with Crippen LogP contribution in [-0.4, -0.2) is 35.9 Å². The van der Waals surface area contributed by atoms with Crippen molar-refractivity contribution in [3.05, 3.63) is 289 Å². The van der Waals surface area contributed by atoms with E-state index in [9.17, 15) is 10.1 Å². The van der Waals surface area contributed by atoms with Gasteiger partial charge in [0.05, 0.1) is 61.6 Å². The quantitative estimate of drug-likeness (QED) is 0.0449. The number of benzene rings is 5. The van der Waals surface area contributed by atoms with E-state index in [1.165, 1.54) is 16.7 Å². The number of hydrogen-bond donors (Lipinski definition) is 0. The molecule has 0 N–H and O–H groups in total. The van der Waals surface area contributed by atoms with Crippen molar-refractivity contribution in [2.75, 3.05) is 0 Å². The summed E-state index contributed by atoms with van der Waals surface area (Å²) in [7, 11) is 0. The number of pyridine rings is 6. The van der Waals surface area contributed by atoms with Crippen molar-refractivity contribution < 1.29 is 9.53 Å². The van der Waals surface area contributed by atoms with E-state index in [1.807, 2.05) is 146 Å². The number of nitrogens with zero attached hydrogens (tertiary/aromatic N) is 7. The van der Waals surface area contributed by atoms with Gasteiger partial charge in [-0.15, -0.1) is 23.5 Å². The lowest BCUT2D eigenvalue weighted by Crippen LogP contribution is -2.20. The van der Waals surface area contributed by atoms with Crippen molar-refractivity contribution >= 4 is 29.5 Å². The number of rotatable bonds is 23. The fourth-order valence-electron chi connectivity index (χ4n) is 10.1. The van der Waals surface area contributed by atoms with Crippen LogP contribution in [0.25, 0.3) is 67.8 Å². The Morgan fingerprint density at radius 3 is 1.27 bits per heavy atom. The van der Waals surface area contributed by atoms with Gasteiger partial charge in [-0.05, 0) is 155 Å². The van der Waals surface area contributed by atoms with Gasteiger partial charge in [-0.1, -0.05) is 164 Å². The first-order valence-electron chi connectivity index (χ1n) is 28.2. The van der Waals surface area contributed by atoms with Gasteiger partial charge >= 0.3 is 5.97 Å². The molecule has 412 valence electrons. The molecule has 4 unspecified atom stereocenters. The van der Waals surface area contributed by atoms with Gasteiger partial charge in [0.1, 0.15) is 6.61 Å². The van der Waals surface area contributed by atoms with Gasteiger partial charge in [0.2, 0.25) is 0 Å². The maximum Gasteiger partial charge on any atom is 0.306 e. The monoisotopic (exact) mass is 1130 g/mol. The number of aryl methyl sites for hydroxylation is 1. The third-order valence-corrected chi connectivity index (χ3v) is 18.1. The van der Waals surface area contributed by atoms with E-state index in [0.29, 0.717) is 12.8 Å². The van der Waals surface area contributed by atoms with Crippen LogP contribution in [0.5, 0.6) is 0 Å². The molecule has 0 radical (unpaired) electrons. The molecule has 6 heterocycles. The lowest BCUT2D eigenvalue weighted by atomic mass is 9.81. The smallest absolute Gasteiger partial charge is 0.306 e. The summed E-state index contributed by atoms with van der Waals surface area (Å²) >= 11 is 3.87. The molecule has 0 aliphatic rings. The van der Waals surface area contributed by atoms with Crippen molar-refractivity contribution in [3.8, 4) is 73.9 Å². The fourth-order valence-corrected chi connectivity index (χ4v) is 13.8. The minimum atomic E-state index is -0.825. The Kier molecular flexibility index (Phi) is 18.6. The van der Waals surface area contributed by atoms with Crippen LogP contribution in [0.3, 0.4) is 0 Å². The maximum absolute atomic E-state index is 13.6. The van der Waals surface area contributed by atoms with E-state index in [-0.39, 0.29) is 34.1 Å². The number of hydrogen-bond acceptors (Lipinski definition) is 11. The average molecular weight is 1130 g/mol. The minimum Gasteiger partial charge on any atom is -0.461 e. The number of ether oxygens (including phenoxy) is 1. The molecule has 4 atom stereocenters. The molecule has 84 heavy (non-hydrogen) atoms. The van der Waals surface area contributed by atoms with Crippen LogP contribution in [0, 0.1) is 16.7 Å². The van der Waals surface area contributed by atoms with E-state index >= 15 is 0 Å². The largest absolute Gasteiger partial charge is 0.461 e. The molecule has 0 saturated carbocycles. The van der Waals surface area contributed by atoms with Crippen LogP contribution in [0.15, 0.2) is 261 Å². The predicted octanol–water partition coefficient (Wildman–Crippen LogP) is 18.1. The van der Waals surface area contributed by atoms with E-state index < -0.39 is 5.41 Å². The summed E-state index contributed by atoms with van der Waals surface area (Å²) in [6, 6.07) is 83.3. The van der Waals surface area contributed by atoms with Crippen molar-refractivity contribution in [1.82, 2.24) is 29.9 Å². The third-order valence-electron chi connectivity index (χ3n) is 14.8. The molecule has 0 fully saturated rings. The van der Waals surface area contributed by atoms with E-state index in [2.05, 4.69) is 147 Å². The summed E-state index contributed by atoms with van der Waals surface area (Å²) < 4.78 is 5.91. The molecule has 0 aliphatic heterocycles. The Labute approximate surface area is 500 Å². The normalized spacial score (nSPS) is 13.0. The van der Waals surface area contributed by atoms with Gasteiger partial charge in [-0.25, -0.2) is 9.97 Å². The number of thioether (sulfide) groups is 2. The Bertz CT molecular complexity index is 3810. The van der Waals surface area contributed by atoms with Crippen molar-refractivity contribution in [1.29, 1.82) is 5.26 Å². The third kappa shape index (κ3) is 14.8. The SMILES string of the molecule is CC(C#N)(CCC(=O)OCc1ccc(-c2cc(-c3ccccn3)nc(-c3ccccn3)c2)cc1)CC(SC(SC(CCc1ccc(-c2cc(-c3ccccn3)nc(-c3ccccn3)c2)cc1)c1ccccc1)c1ccccc1)c1ccccc1. The first-order chi connectivity index (χ1) is 41.3. The molecule has 5 aromatic carbocycles. The molecule has 11 aromatic rings. The Balaban J connectivity index is 0.770. The number of nitriles is 1. The van der Waals surface area contributed by atoms with Gasteiger partial charge in [0, 0.05) is 41.7 Å². The summed E-state index contributed by atoms with van der Waals surface area (Å²) in [5, 5.41) is 11.1. The second-order valence-corrected chi connectivity index (χ2v) is 23.8. The number of carbonyl (C=O) groups excluding carboxylic acids is 1. The molecule has 0 spiro atoms. The lowest BCUT2D eigenvalue weighted by Gasteiger charge is -2.31. The minimum absolute atomic E-state index is 0.0148. The summed E-state index contributed by atoms with van der Waals surface area (Å²) in [5.74, 6) is -0.335. The first kappa shape index (κ1) is 56.5. The Morgan fingerprint density at radius 2 is 0.857 bits per heavy atom. The van der Waals surface area contributed by atoms with E-state index in [1.54, 1.807) is 24.8 Å². The number of esters is 1. The molecular formula is C73H61N7O2S2. The molecule has 0 saturated heterocycles. The van der Waals surface area contributed by atoms with Crippen molar-refractivity contribution in [3.63, 3.8) is 0 Å². The average Bonchev–Trinajstić information content (AvgIpc) is 3.66. The van der Waals surface area contributed by atoms with Gasteiger partial charge in [-0.2, -0.15) is 5.26 Å². The Hall–Kier alpha value is -9.34. The zero-order valence-corrected chi connectivity index (χ0v) is 48.2. The maximum atomic E-state index is 13.6. The second kappa shape index (κ2) is 27.6. The second-order valence-electron chi connectivity index (χ2n) is 20.9. The van der Waals surface area contributed by atoms with Gasteiger partial charge in [-0.3, -0.25) is 24.7 Å². The van der Waals surface area contributed by atoms with Crippen LogP contribution < -0.4 is 0 Å². The van der Waals surface area contributed by atoms with Crippen LogP contribution in [-0.2, 0) is 22.6 Å². The number of aromatic nitrogens is 6.